The number of hydrogen-bond donors (Lipinski definition) is 0. The lowest BCUT2D eigenvalue weighted by molar-refractivity contribution is 0.414. The van der Waals surface area contributed by atoms with Crippen LogP contribution in [0.3, 0.4) is 0 Å². The third-order valence-corrected chi connectivity index (χ3v) is 4.77. The molecule has 2 heterocycles. The zero-order valence-electron chi connectivity index (χ0n) is 14.1. The van der Waals surface area contributed by atoms with Gasteiger partial charge in [-0.1, -0.05) is 6.07 Å². The van der Waals surface area contributed by atoms with Gasteiger partial charge >= 0.3 is 0 Å². The van der Waals surface area contributed by atoms with Gasteiger partial charge in [-0.05, 0) is 43.3 Å². The number of thioether (sulfide) groups is 1. The van der Waals surface area contributed by atoms with Crippen LogP contribution in [0.15, 0.2) is 59.8 Å². The Kier molecular flexibility index (Phi) is 5.32. The highest BCUT2D eigenvalue weighted by Crippen LogP contribution is 2.30. The zero-order chi connectivity index (χ0) is 17.6. The van der Waals surface area contributed by atoms with Crippen molar-refractivity contribution in [3.63, 3.8) is 0 Å². The van der Waals surface area contributed by atoms with Crippen molar-refractivity contribution in [2.45, 2.75) is 17.6 Å². The molecule has 2 aromatic heterocycles. The first-order valence-electron chi connectivity index (χ1n) is 7.79. The van der Waals surface area contributed by atoms with Crippen molar-refractivity contribution in [3.05, 3.63) is 71.8 Å². The number of nitriles is 1. The van der Waals surface area contributed by atoms with E-state index in [-0.39, 0.29) is 0 Å². The minimum atomic E-state index is 0.611. The van der Waals surface area contributed by atoms with Gasteiger partial charge in [0.05, 0.1) is 18.4 Å². The molecule has 0 aliphatic carbocycles. The van der Waals surface area contributed by atoms with Crippen LogP contribution >= 0.6 is 11.8 Å². The molecule has 0 amide bonds. The summed E-state index contributed by atoms with van der Waals surface area (Å²) in [5, 5.41) is 9.68. The minimum Gasteiger partial charge on any atom is -0.497 e. The summed E-state index contributed by atoms with van der Waals surface area (Å²) in [5.74, 6) is 1.46. The van der Waals surface area contributed by atoms with Crippen molar-refractivity contribution in [3.8, 4) is 22.9 Å². The van der Waals surface area contributed by atoms with E-state index >= 15 is 0 Å². The maximum Gasteiger partial charge on any atom is 0.118 e. The predicted octanol–water partition coefficient (Wildman–Crippen LogP) is 4.62. The summed E-state index contributed by atoms with van der Waals surface area (Å²) >= 11 is 1.65. The molecule has 0 aliphatic rings. The molecule has 4 nitrogen and oxygen atoms in total. The Balaban J connectivity index is 1.90. The number of methoxy groups -OCH3 is 1. The molecule has 0 atom stereocenters. The molecule has 25 heavy (non-hydrogen) atoms. The van der Waals surface area contributed by atoms with Crippen LogP contribution in [-0.4, -0.2) is 17.1 Å². The third-order valence-electron chi connectivity index (χ3n) is 3.74. The highest BCUT2D eigenvalue weighted by Gasteiger charge is 2.13. The minimum absolute atomic E-state index is 0.611. The fourth-order valence-corrected chi connectivity index (χ4v) is 3.38. The van der Waals surface area contributed by atoms with E-state index in [9.17, 15) is 5.26 Å². The lowest BCUT2D eigenvalue weighted by atomic mass is 10.0. The van der Waals surface area contributed by atoms with Gasteiger partial charge in [0.15, 0.2) is 0 Å². The van der Waals surface area contributed by atoms with Crippen molar-refractivity contribution in [1.82, 2.24) is 9.97 Å². The van der Waals surface area contributed by atoms with Crippen molar-refractivity contribution in [1.29, 1.82) is 5.26 Å². The number of aromatic nitrogens is 2. The van der Waals surface area contributed by atoms with Gasteiger partial charge < -0.3 is 4.74 Å². The molecule has 0 radical (unpaired) electrons. The van der Waals surface area contributed by atoms with Gasteiger partial charge in [-0.15, -0.1) is 11.8 Å². The summed E-state index contributed by atoms with van der Waals surface area (Å²) in [6.45, 7) is 1.95. The van der Waals surface area contributed by atoms with Gasteiger partial charge in [0.1, 0.15) is 11.8 Å². The summed E-state index contributed by atoms with van der Waals surface area (Å²) in [6, 6.07) is 16.0. The number of ether oxygens (including phenoxy) is 1. The van der Waals surface area contributed by atoms with E-state index in [1.54, 1.807) is 31.3 Å². The highest BCUT2D eigenvalue weighted by atomic mass is 32.2. The van der Waals surface area contributed by atoms with E-state index in [2.05, 4.69) is 16.0 Å². The molecule has 0 saturated carbocycles. The number of aryl methyl sites for hydroxylation is 1. The first kappa shape index (κ1) is 17.0. The third kappa shape index (κ3) is 3.98. The fraction of sp³-hybridized carbons (Fsp3) is 0.150. The summed E-state index contributed by atoms with van der Waals surface area (Å²) in [4.78, 5) is 9.86. The second kappa shape index (κ2) is 7.82. The predicted molar refractivity (Wildman–Crippen MR) is 99.5 cm³/mol. The topological polar surface area (TPSA) is 58.8 Å². The van der Waals surface area contributed by atoms with Gasteiger partial charge in [-0.25, -0.2) is 0 Å². The van der Waals surface area contributed by atoms with E-state index in [4.69, 9.17) is 4.74 Å². The van der Waals surface area contributed by atoms with E-state index < -0.39 is 0 Å². The Morgan fingerprint density at radius 1 is 1.20 bits per heavy atom. The Bertz CT molecular complexity index is 903. The molecule has 0 aliphatic heterocycles. The number of hydrogen-bond acceptors (Lipinski definition) is 5. The average molecular weight is 347 g/mol. The van der Waals surface area contributed by atoms with E-state index in [1.165, 1.54) is 0 Å². The molecular weight excluding hydrogens is 330 g/mol. The summed E-state index contributed by atoms with van der Waals surface area (Å²) in [5.41, 5.74) is 4.11. The molecule has 3 aromatic rings. The molecule has 3 rings (SSSR count). The maximum atomic E-state index is 9.68. The number of nitrogens with zero attached hydrogens (tertiary/aromatic N) is 3. The largest absolute Gasteiger partial charge is 0.497 e. The van der Waals surface area contributed by atoms with Gasteiger partial charge in [0.25, 0.3) is 0 Å². The highest BCUT2D eigenvalue weighted by molar-refractivity contribution is 7.98. The van der Waals surface area contributed by atoms with E-state index in [1.807, 2.05) is 49.4 Å². The summed E-state index contributed by atoms with van der Waals surface area (Å²) in [6.07, 6.45) is 3.50. The molecule has 0 bridgehead atoms. The number of benzene rings is 1. The van der Waals surface area contributed by atoms with Crippen molar-refractivity contribution in [2.24, 2.45) is 0 Å². The molecule has 124 valence electrons. The summed E-state index contributed by atoms with van der Waals surface area (Å²) < 4.78 is 5.18. The monoisotopic (exact) mass is 347 g/mol. The zero-order valence-corrected chi connectivity index (χ0v) is 14.9. The molecule has 5 heteroatoms. The van der Waals surface area contributed by atoms with Crippen molar-refractivity contribution in [2.75, 3.05) is 7.11 Å². The second-order valence-corrected chi connectivity index (χ2v) is 6.50. The first-order chi connectivity index (χ1) is 12.2. The van der Waals surface area contributed by atoms with Gasteiger partial charge in [-0.3, -0.25) is 9.97 Å². The Morgan fingerprint density at radius 2 is 2.00 bits per heavy atom. The fourth-order valence-electron chi connectivity index (χ4n) is 2.54. The Hall–Kier alpha value is -2.84. The molecule has 0 N–H and O–H groups in total. The molecular formula is C20H17N3OS. The lowest BCUT2D eigenvalue weighted by Crippen LogP contribution is -1.99. The number of rotatable bonds is 5. The van der Waals surface area contributed by atoms with Gasteiger partial charge in [-0.2, -0.15) is 5.26 Å². The van der Waals surface area contributed by atoms with Gasteiger partial charge in [0, 0.05) is 39.9 Å². The Morgan fingerprint density at radius 3 is 2.64 bits per heavy atom. The average Bonchev–Trinajstić information content (AvgIpc) is 2.67. The quantitative estimate of drug-likeness (QED) is 0.630. The van der Waals surface area contributed by atoms with E-state index in [0.717, 1.165) is 33.2 Å². The SMILES string of the molecule is COc1ccc(SCc2nc(C)cc(-c3cccnc3)c2C#N)cc1. The molecule has 0 saturated heterocycles. The lowest BCUT2D eigenvalue weighted by Gasteiger charge is -2.11. The number of pyridine rings is 2. The first-order valence-corrected chi connectivity index (χ1v) is 8.77. The standard InChI is InChI=1S/C20H17N3OS/c1-14-10-18(15-4-3-9-22-12-15)19(11-21)20(23-14)13-25-17-7-5-16(24-2)6-8-17/h3-10,12H,13H2,1-2H3. The Labute approximate surface area is 151 Å². The maximum absolute atomic E-state index is 9.68. The van der Waals surface area contributed by atoms with Crippen LogP contribution in [0.2, 0.25) is 0 Å². The normalized spacial score (nSPS) is 10.3. The second-order valence-electron chi connectivity index (χ2n) is 5.45. The van der Waals surface area contributed by atoms with Crippen LogP contribution in [0.25, 0.3) is 11.1 Å². The molecule has 0 unspecified atom stereocenters. The van der Waals surface area contributed by atoms with E-state index in [0.29, 0.717) is 11.3 Å². The van der Waals surface area contributed by atoms with Crippen molar-refractivity contribution >= 4 is 11.8 Å². The van der Waals surface area contributed by atoms with Crippen LogP contribution < -0.4 is 4.74 Å². The van der Waals surface area contributed by atoms with Crippen LogP contribution in [0.5, 0.6) is 5.75 Å². The van der Waals surface area contributed by atoms with Crippen LogP contribution in [-0.2, 0) is 5.75 Å². The molecule has 0 fully saturated rings. The molecule has 0 spiro atoms. The van der Waals surface area contributed by atoms with Crippen molar-refractivity contribution < 1.29 is 4.74 Å². The molecule has 1 aromatic carbocycles. The summed E-state index contributed by atoms with van der Waals surface area (Å²) in [7, 11) is 1.65. The van der Waals surface area contributed by atoms with Crippen LogP contribution in [0.4, 0.5) is 0 Å². The smallest absolute Gasteiger partial charge is 0.118 e. The van der Waals surface area contributed by atoms with Gasteiger partial charge in [0.2, 0.25) is 0 Å². The van der Waals surface area contributed by atoms with Crippen LogP contribution in [0.1, 0.15) is 17.0 Å². The van der Waals surface area contributed by atoms with Crippen LogP contribution in [0, 0.1) is 18.3 Å².